The van der Waals surface area contributed by atoms with Crippen molar-refractivity contribution in [2.45, 2.75) is 57.3 Å². The highest BCUT2D eigenvalue weighted by molar-refractivity contribution is 6.30. The fourth-order valence-corrected chi connectivity index (χ4v) is 4.45. The fraction of sp³-hybridized carbons (Fsp3) is 0.520. The summed E-state index contributed by atoms with van der Waals surface area (Å²) >= 11 is 5.75. The van der Waals surface area contributed by atoms with Crippen LogP contribution in [0.4, 0.5) is 35.3 Å². The predicted octanol–water partition coefficient (Wildman–Crippen LogP) is 5.37. The lowest BCUT2D eigenvalue weighted by Gasteiger charge is -2.41. The molecule has 38 heavy (non-hydrogen) atoms. The Morgan fingerprint density at radius 2 is 1.87 bits per heavy atom. The SMILES string of the molecule is COC(=O)[C@@H]1CN(c2ccc(Nc3ncc(C(F)(F)F)c(Cl)n3)c(C3CC3)c2)CCN1C(=O)OC(C)(C)C. The second-order valence-corrected chi connectivity index (χ2v) is 10.6. The van der Waals surface area contributed by atoms with E-state index >= 15 is 0 Å². The number of esters is 1. The lowest BCUT2D eigenvalue weighted by Crippen LogP contribution is -2.59. The predicted molar refractivity (Wildman–Crippen MR) is 135 cm³/mol. The van der Waals surface area contributed by atoms with Gasteiger partial charge in [-0.25, -0.2) is 19.6 Å². The lowest BCUT2D eigenvalue weighted by atomic mass is 10.0. The van der Waals surface area contributed by atoms with Gasteiger partial charge < -0.3 is 19.7 Å². The minimum Gasteiger partial charge on any atom is -0.467 e. The Balaban J connectivity index is 1.55. The van der Waals surface area contributed by atoms with Gasteiger partial charge in [-0.05, 0) is 63.3 Å². The van der Waals surface area contributed by atoms with Crippen molar-refractivity contribution in [1.29, 1.82) is 0 Å². The number of anilines is 3. The number of nitrogens with zero attached hydrogens (tertiary/aromatic N) is 4. The molecule has 1 amide bonds. The summed E-state index contributed by atoms with van der Waals surface area (Å²) < 4.78 is 49.4. The topological polar surface area (TPSA) is 96.9 Å². The minimum atomic E-state index is -4.65. The maximum Gasteiger partial charge on any atom is 0.420 e. The maximum atomic E-state index is 13.0. The number of methoxy groups -OCH3 is 1. The Bertz CT molecular complexity index is 1220. The normalized spacial score (nSPS) is 18.3. The summed E-state index contributed by atoms with van der Waals surface area (Å²) in [6.45, 7) is 6.19. The van der Waals surface area contributed by atoms with Crippen LogP contribution in [0.2, 0.25) is 5.15 Å². The summed E-state index contributed by atoms with van der Waals surface area (Å²) in [5.74, 6) is -0.325. The molecule has 1 aliphatic heterocycles. The van der Waals surface area contributed by atoms with Crippen LogP contribution in [0.25, 0.3) is 0 Å². The van der Waals surface area contributed by atoms with Gasteiger partial charge in [0, 0.05) is 37.2 Å². The van der Waals surface area contributed by atoms with E-state index in [9.17, 15) is 22.8 Å². The van der Waals surface area contributed by atoms with Gasteiger partial charge in [0.1, 0.15) is 16.3 Å². The summed E-state index contributed by atoms with van der Waals surface area (Å²) in [6.07, 6.45) is -2.65. The van der Waals surface area contributed by atoms with Crippen LogP contribution >= 0.6 is 11.6 Å². The van der Waals surface area contributed by atoms with E-state index in [1.807, 2.05) is 17.0 Å². The number of amides is 1. The molecule has 1 atom stereocenters. The average molecular weight is 556 g/mol. The first kappa shape index (κ1) is 27.7. The molecular formula is C25H29ClF3N5O4. The maximum absolute atomic E-state index is 13.0. The van der Waals surface area contributed by atoms with Gasteiger partial charge in [-0.3, -0.25) is 4.90 Å². The van der Waals surface area contributed by atoms with Crippen LogP contribution in [0.1, 0.15) is 50.7 Å². The number of halogens is 4. The number of hydrogen-bond acceptors (Lipinski definition) is 8. The lowest BCUT2D eigenvalue weighted by molar-refractivity contribution is -0.147. The molecule has 2 heterocycles. The summed E-state index contributed by atoms with van der Waals surface area (Å²) in [6, 6.07) is 4.75. The van der Waals surface area contributed by atoms with Crippen LogP contribution in [0, 0.1) is 0 Å². The van der Waals surface area contributed by atoms with Crippen LogP contribution in [-0.4, -0.2) is 65.3 Å². The third-order valence-electron chi connectivity index (χ3n) is 6.19. The number of ether oxygens (including phenoxy) is 2. The monoisotopic (exact) mass is 555 g/mol. The molecule has 2 aromatic rings. The van der Waals surface area contributed by atoms with E-state index in [1.165, 1.54) is 12.0 Å². The number of nitrogens with one attached hydrogen (secondary N) is 1. The second kappa shape index (κ2) is 10.5. The van der Waals surface area contributed by atoms with Crippen molar-refractivity contribution in [3.63, 3.8) is 0 Å². The van der Waals surface area contributed by atoms with E-state index < -0.39 is 40.6 Å². The highest BCUT2D eigenvalue weighted by Crippen LogP contribution is 2.45. The van der Waals surface area contributed by atoms with Gasteiger partial charge in [0.05, 0.1) is 7.11 Å². The zero-order valence-electron chi connectivity index (χ0n) is 21.4. The Morgan fingerprint density at radius 3 is 2.45 bits per heavy atom. The number of hydrogen-bond donors (Lipinski definition) is 1. The zero-order valence-corrected chi connectivity index (χ0v) is 22.2. The molecule has 0 radical (unpaired) electrons. The summed E-state index contributed by atoms with van der Waals surface area (Å²) in [5, 5.41) is 2.30. The Hall–Kier alpha value is -3.28. The third-order valence-corrected chi connectivity index (χ3v) is 6.48. The summed E-state index contributed by atoms with van der Waals surface area (Å²) in [4.78, 5) is 36.2. The number of benzene rings is 1. The van der Waals surface area contributed by atoms with Crippen LogP contribution in [-0.2, 0) is 20.4 Å². The molecule has 0 unspecified atom stereocenters. The Kier molecular flexibility index (Phi) is 7.64. The molecule has 0 spiro atoms. The van der Waals surface area contributed by atoms with E-state index in [0.717, 1.165) is 24.1 Å². The highest BCUT2D eigenvalue weighted by Gasteiger charge is 2.39. The van der Waals surface area contributed by atoms with Crippen molar-refractivity contribution in [2.24, 2.45) is 0 Å². The number of carbonyl (C=O) groups is 2. The first-order chi connectivity index (χ1) is 17.8. The first-order valence-electron chi connectivity index (χ1n) is 12.1. The molecular weight excluding hydrogens is 527 g/mol. The number of rotatable bonds is 5. The standard InChI is InChI=1S/C25H29ClF3N5O4/c1-24(2,3)38-23(36)34-10-9-33(13-19(34)21(35)37-4)15-7-8-18(16(11-15)14-5-6-14)31-22-30-12-17(20(26)32-22)25(27,28)29/h7-8,11-12,14,19H,5-6,9-10,13H2,1-4H3,(H,30,31,32)/t19-/m0/s1. The van der Waals surface area contributed by atoms with Crippen molar-refractivity contribution in [3.05, 3.63) is 40.7 Å². The third kappa shape index (κ3) is 6.40. The van der Waals surface area contributed by atoms with E-state index in [1.54, 1.807) is 26.8 Å². The van der Waals surface area contributed by atoms with Crippen LogP contribution < -0.4 is 10.2 Å². The molecule has 1 N–H and O–H groups in total. The summed E-state index contributed by atoms with van der Waals surface area (Å²) in [7, 11) is 1.27. The van der Waals surface area contributed by atoms with Crippen LogP contribution in [0.5, 0.6) is 0 Å². The van der Waals surface area contributed by atoms with Crippen LogP contribution in [0.15, 0.2) is 24.4 Å². The molecule has 2 fully saturated rings. The molecule has 1 aromatic heterocycles. The smallest absolute Gasteiger partial charge is 0.420 e. The number of aromatic nitrogens is 2. The van der Waals surface area contributed by atoms with E-state index in [4.69, 9.17) is 21.1 Å². The summed E-state index contributed by atoms with van der Waals surface area (Å²) in [5.41, 5.74) is 0.628. The zero-order chi connectivity index (χ0) is 27.8. The molecule has 9 nitrogen and oxygen atoms in total. The molecule has 1 saturated carbocycles. The van der Waals surface area contributed by atoms with Crippen molar-refractivity contribution in [3.8, 4) is 0 Å². The number of piperazine rings is 1. The highest BCUT2D eigenvalue weighted by atomic mass is 35.5. The quantitative estimate of drug-likeness (QED) is 0.389. The van der Waals surface area contributed by atoms with Gasteiger partial charge in [0.2, 0.25) is 5.95 Å². The number of carbonyl (C=O) groups excluding carboxylic acids is 2. The molecule has 206 valence electrons. The largest absolute Gasteiger partial charge is 0.467 e. The molecule has 4 rings (SSSR count). The molecule has 1 aliphatic carbocycles. The van der Waals surface area contributed by atoms with Gasteiger partial charge in [0.25, 0.3) is 0 Å². The average Bonchev–Trinajstić information content (AvgIpc) is 3.67. The minimum absolute atomic E-state index is 0.0469. The molecule has 1 saturated heterocycles. The van der Waals surface area contributed by atoms with Gasteiger partial charge in [-0.1, -0.05) is 11.6 Å². The van der Waals surface area contributed by atoms with Crippen LogP contribution in [0.3, 0.4) is 0 Å². The number of alkyl halides is 3. The van der Waals surface area contributed by atoms with Gasteiger partial charge in [-0.2, -0.15) is 13.2 Å². The van der Waals surface area contributed by atoms with Crippen molar-refractivity contribution in [1.82, 2.24) is 14.9 Å². The first-order valence-corrected chi connectivity index (χ1v) is 12.5. The molecule has 0 bridgehead atoms. The molecule has 13 heteroatoms. The molecule has 1 aromatic carbocycles. The second-order valence-electron chi connectivity index (χ2n) is 10.2. The van der Waals surface area contributed by atoms with Gasteiger partial charge in [-0.15, -0.1) is 0 Å². The Labute approximate surface area is 223 Å². The fourth-order valence-electron chi connectivity index (χ4n) is 4.22. The van der Waals surface area contributed by atoms with Crippen molar-refractivity contribution >= 4 is 41.0 Å². The van der Waals surface area contributed by atoms with Gasteiger partial charge >= 0.3 is 18.2 Å². The molecule has 2 aliphatic rings. The van der Waals surface area contributed by atoms with Crippen molar-refractivity contribution in [2.75, 3.05) is 37.0 Å². The van der Waals surface area contributed by atoms with Crippen molar-refractivity contribution < 1.29 is 32.2 Å². The van der Waals surface area contributed by atoms with E-state index in [0.29, 0.717) is 18.4 Å². The van der Waals surface area contributed by atoms with E-state index in [-0.39, 0.29) is 25.0 Å². The Morgan fingerprint density at radius 1 is 1.16 bits per heavy atom. The van der Waals surface area contributed by atoms with Gasteiger partial charge in [0.15, 0.2) is 6.04 Å². The van der Waals surface area contributed by atoms with E-state index in [2.05, 4.69) is 15.3 Å².